The summed E-state index contributed by atoms with van der Waals surface area (Å²) in [6, 6.07) is 0. The molecule has 19 heavy (non-hydrogen) atoms. The highest BCUT2D eigenvalue weighted by Gasteiger charge is 2.72. The molecule has 2 aliphatic rings. The Labute approximate surface area is 106 Å². The Bertz CT molecular complexity index is 382. The third kappa shape index (κ3) is 2.15. The second-order valence-corrected chi connectivity index (χ2v) is 5.88. The number of alkyl halides is 6. The molecule has 0 aliphatic heterocycles. The maximum atomic E-state index is 12.7. The van der Waals surface area contributed by atoms with E-state index in [1.165, 1.54) is 6.92 Å². The summed E-state index contributed by atoms with van der Waals surface area (Å²) in [6.07, 6.45) is -8.46. The number of hydrogen-bond donors (Lipinski definition) is 1. The zero-order chi connectivity index (χ0) is 14.7. The molecule has 7 heteroatoms. The van der Waals surface area contributed by atoms with Crippen molar-refractivity contribution in [2.24, 2.45) is 17.3 Å². The summed E-state index contributed by atoms with van der Waals surface area (Å²) in [5.41, 5.74) is -5.80. The minimum atomic E-state index is -5.72. The molecule has 110 valence electrons. The second kappa shape index (κ2) is 3.90. The van der Waals surface area contributed by atoms with Gasteiger partial charge in [-0.15, -0.1) is 0 Å². The third-order valence-electron chi connectivity index (χ3n) is 4.39. The highest BCUT2D eigenvalue weighted by atomic mass is 19.4. The second-order valence-electron chi connectivity index (χ2n) is 5.88. The van der Waals surface area contributed by atoms with Gasteiger partial charge in [-0.2, -0.15) is 26.3 Å². The summed E-state index contributed by atoms with van der Waals surface area (Å²) in [6.45, 7) is 1.39. The summed E-state index contributed by atoms with van der Waals surface area (Å²) >= 11 is 0. The lowest BCUT2D eigenvalue weighted by molar-refractivity contribution is -0.376. The summed E-state index contributed by atoms with van der Waals surface area (Å²) in [5, 5.41) is 9.26. The van der Waals surface area contributed by atoms with Crippen LogP contribution in [0.2, 0.25) is 0 Å². The van der Waals surface area contributed by atoms with Crippen molar-refractivity contribution in [2.75, 3.05) is 0 Å². The lowest BCUT2D eigenvalue weighted by atomic mass is 9.70. The van der Waals surface area contributed by atoms with Gasteiger partial charge < -0.3 is 5.11 Å². The van der Waals surface area contributed by atoms with Crippen LogP contribution < -0.4 is 0 Å². The molecule has 1 fully saturated rings. The first kappa shape index (κ1) is 14.7. The van der Waals surface area contributed by atoms with Crippen LogP contribution in [0.15, 0.2) is 12.2 Å². The topological polar surface area (TPSA) is 20.2 Å². The Balaban J connectivity index is 2.30. The van der Waals surface area contributed by atoms with Crippen LogP contribution in [0.1, 0.15) is 26.2 Å². The molecule has 0 aromatic rings. The first-order chi connectivity index (χ1) is 8.39. The fraction of sp³-hybridized carbons (Fsp3) is 0.833. The van der Waals surface area contributed by atoms with E-state index in [0.717, 1.165) is 0 Å². The van der Waals surface area contributed by atoms with E-state index in [1.807, 2.05) is 6.08 Å². The zero-order valence-electron chi connectivity index (χ0n) is 10.1. The number of hydrogen-bond acceptors (Lipinski definition) is 1. The number of allylic oxidation sites excluding steroid dienone is 2. The molecule has 2 bridgehead atoms. The van der Waals surface area contributed by atoms with E-state index in [4.69, 9.17) is 0 Å². The summed E-state index contributed by atoms with van der Waals surface area (Å²) in [7, 11) is 0. The fourth-order valence-corrected chi connectivity index (χ4v) is 3.34. The summed E-state index contributed by atoms with van der Waals surface area (Å²) in [4.78, 5) is 0. The van der Waals surface area contributed by atoms with Gasteiger partial charge in [-0.3, -0.25) is 0 Å². The van der Waals surface area contributed by atoms with Crippen molar-refractivity contribution in [3.05, 3.63) is 12.2 Å². The molecule has 0 heterocycles. The van der Waals surface area contributed by atoms with E-state index in [-0.39, 0.29) is 18.3 Å². The van der Waals surface area contributed by atoms with Gasteiger partial charge in [-0.05, 0) is 30.1 Å². The van der Waals surface area contributed by atoms with Crippen molar-refractivity contribution in [3.8, 4) is 0 Å². The smallest absolute Gasteiger partial charge is 0.374 e. The SMILES string of the molecule is C[C@@]1(CC(O)(C(F)(F)F)C(F)(F)F)CC2C=CC1C2. The predicted molar refractivity (Wildman–Crippen MR) is 55.1 cm³/mol. The fourth-order valence-electron chi connectivity index (χ4n) is 3.34. The Morgan fingerprint density at radius 2 is 1.63 bits per heavy atom. The standard InChI is InChI=1S/C12H14F6O/c1-9(5-7-2-3-8(9)4-7)6-10(19,11(13,14)15)12(16,17)18/h2-3,7-8,19H,4-6H2,1H3/t7?,8?,9-/m0/s1. The van der Waals surface area contributed by atoms with Crippen molar-refractivity contribution in [1.29, 1.82) is 0 Å². The molecule has 0 saturated heterocycles. The average Bonchev–Trinajstić information content (AvgIpc) is 2.72. The van der Waals surface area contributed by atoms with Gasteiger partial charge in [-0.1, -0.05) is 19.1 Å². The lowest BCUT2D eigenvalue weighted by Gasteiger charge is -2.41. The van der Waals surface area contributed by atoms with Crippen LogP contribution in [0.5, 0.6) is 0 Å². The molecule has 2 rings (SSSR count). The van der Waals surface area contributed by atoms with Crippen molar-refractivity contribution in [2.45, 2.75) is 44.1 Å². The van der Waals surface area contributed by atoms with Gasteiger partial charge in [0, 0.05) is 6.42 Å². The summed E-state index contributed by atoms with van der Waals surface area (Å²) < 4.78 is 76.1. The number of aliphatic hydroxyl groups is 1. The van der Waals surface area contributed by atoms with E-state index >= 15 is 0 Å². The first-order valence-corrected chi connectivity index (χ1v) is 5.93. The maximum Gasteiger partial charge on any atom is 0.426 e. The molecule has 2 unspecified atom stereocenters. The molecule has 0 amide bonds. The molecule has 0 spiro atoms. The molecule has 2 aliphatic carbocycles. The van der Waals surface area contributed by atoms with E-state index in [2.05, 4.69) is 0 Å². The van der Waals surface area contributed by atoms with Crippen molar-refractivity contribution < 1.29 is 31.4 Å². The molecule has 0 aromatic heterocycles. The van der Waals surface area contributed by atoms with Gasteiger partial charge in [-0.25, -0.2) is 0 Å². The Hall–Kier alpha value is -0.720. The van der Waals surface area contributed by atoms with Gasteiger partial charge in [0.05, 0.1) is 0 Å². The Morgan fingerprint density at radius 1 is 1.11 bits per heavy atom. The maximum absolute atomic E-state index is 12.7. The van der Waals surface area contributed by atoms with E-state index in [1.54, 1.807) is 6.08 Å². The Morgan fingerprint density at radius 3 is 1.95 bits per heavy atom. The van der Waals surface area contributed by atoms with Gasteiger partial charge in [0.2, 0.25) is 0 Å². The van der Waals surface area contributed by atoms with Crippen molar-refractivity contribution in [1.82, 2.24) is 0 Å². The molecule has 1 N–H and O–H groups in total. The van der Waals surface area contributed by atoms with Crippen LogP contribution in [0.3, 0.4) is 0 Å². The average molecular weight is 288 g/mol. The zero-order valence-corrected chi connectivity index (χ0v) is 10.1. The molecule has 0 radical (unpaired) electrons. The van der Waals surface area contributed by atoms with E-state index in [0.29, 0.717) is 6.42 Å². The summed E-state index contributed by atoms with van der Waals surface area (Å²) in [5.74, 6) is -0.297. The van der Waals surface area contributed by atoms with Crippen molar-refractivity contribution >= 4 is 0 Å². The minimum absolute atomic E-state index is 0.0284. The van der Waals surface area contributed by atoms with E-state index < -0.39 is 29.8 Å². The van der Waals surface area contributed by atoms with Crippen LogP contribution in [0, 0.1) is 17.3 Å². The highest BCUT2D eigenvalue weighted by Crippen LogP contribution is 2.59. The number of fused-ring (bicyclic) bond motifs is 2. The largest absolute Gasteiger partial charge is 0.426 e. The highest BCUT2D eigenvalue weighted by molar-refractivity contribution is 5.16. The quantitative estimate of drug-likeness (QED) is 0.604. The first-order valence-electron chi connectivity index (χ1n) is 5.93. The van der Waals surface area contributed by atoms with Crippen LogP contribution >= 0.6 is 0 Å². The molecule has 3 atom stereocenters. The number of halogens is 6. The van der Waals surface area contributed by atoms with Crippen LogP contribution in [0.25, 0.3) is 0 Å². The third-order valence-corrected chi connectivity index (χ3v) is 4.39. The van der Waals surface area contributed by atoms with E-state index in [9.17, 15) is 31.4 Å². The van der Waals surface area contributed by atoms with Gasteiger partial charge in [0.1, 0.15) is 0 Å². The molecular formula is C12H14F6O. The molecular weight excluding hydrogens is 274 g/mol. The lowest BCUT2D eigenvalue weighted by Crippen LogP contribution is -2.59. The van der Waals surface area contributed by atoms with Crippen molar-refractivity contribution in [3.63, 3.8) is 0 Å². The Kier molecular flexibility index (Phi) is 3.01. The van der Waals surface area contributed by atoms with Crippen LogP contribution in [-0.4, -0.2) is 23.1 Å². The van der Waals surface area contributed by atoms with Crippen LogP contribution in [-0.2, 0) is 0 Å². The minimum Gasteiger partial charge on any atom is -0.374 e. The molecule has 1 nitrogen and oxygen atoms in total. The normalized spacial score (nSPS) is 35.2. The molecule has 0 aromatic carbocycles. The van der Waals surface area contributed by atoms with Crippen LogP contribution in [0.4, 0.5) is 26.3 Å². The van der Waals surface area contributed by atoms with Gasteiger partial charge in [0.15, 0.2) is 0 Å². The van der Waals surface area contributed by atoms with Gasteiger partial charge >= 0.3 is 12.4 Å². The number of rotatable bonds is 2. The monoisotopic (exact) mass is 288 g/mol. The molecule has 1 saturated carbocycles. The van der Waals surface area contributed by atoms with Gasteiger partial charge in [0.25, 0.3) is 5.60 Å². The predicted octanol–water partition coefficient (Wildman–Crippen LogP) is 3.83.